The van der Waals surface area contributed by atoms with E-state index in [1.165, 1.54) is 0 Å². The molecule has 17 atom stereocenters. The standard InChI is InChI=1S/C32H51NO9/c1-6-16(3)27(37)41-24-23-17(14-33-13-15(2)7-8-21(33)29(23,5)38)18-12-30-25(31(18,39)26(24)36)19(34)11-20-28(30,4)10-9-22(35)32(20,40)42-30/h15-26,34-36,38-40H,6-14H2,1-5H3/t15-,16-,17-,18-,19+,20-,21-,22-,23+,24+,25+,26-,28-,29+,30+,31-,32-/m0/s1. The molecule has 7 fully saturated rings. The molecular weight excluding hydrogens is 542 g/mol. The number of carbonyl (C=O) groups is 1. The topological polar surface area (TPSA) is 160 Å². The maximum Gasteiger partial charge on any atom is 0.309 e. The minimum absolute atomic E-state index is 0.118. The number of ether oxygens (including phenoxy) is 2. The van der Waals surface area contributed by atoms with E-state index in [1.54, 1.807) is 13.8 Å². The molecule has 10 heteroatoms. The van der Waals surface area contributed by atoms with Crippen LogP contribution < -0.4 is 0 Å². The van der Waals surface area contributed by atoms with E-state index in [-0.39, 0.29) is 24.8 Å². The van der Waals surface area contributed by atoms with E-state index in [2.05, 4.69) is 11.8 Å². The van der Waals surface area contributed by atoms with E-state index in [4.69, 9.17) is 9.47 Å². The van der Waals surface area contributed by atoms with Gasteiger partial charge in [0.15, 0.2) is 5.79 Å². The average molecular weight is 594 g/mol. The van der Waals surface area contributed by atoms with Crippen LogP contribution in [-0.2, 0) is 14.3 Å². The molecule has 3 saturated heterocycles. The lowest BCUT2D eigenvalue weighted by Crippen LogP contribution is -2.77. The summed E-state index contributed by atoms with van der Waals surface area (Å²) in [6, 6.07) is -0.176. The van der Waals surface area contributed by atoms with Crippen LogP contribution in [0.1, 0.15) is 79.6 Å². The molecule has 4 saturated carbocycles. The normalized spacial score (nSPS) is 60.6. The van der Waals surface area contributed by atoms with Gasteiger partial charge in [-0.15, -0.1) is 0 Å². The van der Waals surface area contributed by atoms with Crippen molar-refractivity contribution in [2.75, 3.05) is 13.1 Å². The number of aliphatic hydroxyl groups is 6. The summed E-state index contributed by atoms with van der Waals surface area (Å²) in [5.41, 5.74) is -5.09. The van der Waals surface area contributed by atoms with Gasteiger partial charge in [-0.25, -0.2) is 0 Å². The molecule has 7 rings (SSSR count). The Balaban J connectivity index is 1.38. The van der Waals surface area contributed by atoms with Gasteiger partial charge in [-0.05, 0) is 69.6 Å². The van der Waals surface area contributed by atoms with Crippen LogP contribution in [-0.4, -0.2) is 108 Å². The van der Waals surface area contributed by atoms with Crippen molar-refractivity contribution < 1.29 is 44.9 Å². The van der Waals surface area contributed by atoms with Crippen molar-refractivity contribution in [3.63, 3.8) is 0 Å². The Hall–Kier alpha value is -0.850. The van der Waals surface area contributed by atoms with Gasteiger partial charge >= 0.3 is 5.97 Å². The first-order chi connectivity index (χ1) is 19.6. The first-order valence-electron chi connectivity index (χ1n) is 16.4. The van der Waals surface area contributed by atoms with Gasteiger partial charge in [0.25, 0.3) is 0 Å². The third-order valence-electron chi connectivity index (χ3n) is 14.1. The number of aliphatic hydroxyl groups excluding tert-OH is 3. The molecule has 42 heavy (non-hydrogen) atoms. The molecule has 7 aliphatic rings. The fourth-order valence-corrected chi connectivity index (χ4v) is 11.9. The Morgan fingerprint density at radius 3 is 2.50 bits per heavy atom. The third kappa shape index (κ3) is 3.36. The maximum absolute atomic E-state index is 13.3. The van der Waals surface area contributed by atoms with Crippen molar-refractivity contribution in [2.45, 2.75) is 133 Å². The Bertz CT molecular complexity index is 1140. The first kappa shape index (κ1) is 29.8. The van der Waals surface area contributed by atoms with Gasteiger partial charge < -0.3 is 40.1 Å². The molecular formula is C32H51NO9. The second kappa shape index (κ2) is 9.12. The summed E-state index contributed by atoms with van der Waals surface area (Å²) in [5, 5.41) is 72.1. The Morgan fingerprint density at radius 2 is 1.81 bits per heavy atom. The third-order valence-corrected chi connectivity index (χ3v) is 14.1. The van der Waals surface area contributed by atoms with Crippen molar-refractivity contribution in [1.29, 1.82) is 0 Å². The molecule has 10 nitrogen and oxygen atoms in total. The lowest BCUT2D eigenvalue weighted by molar-refractivity contribution is -0.297. The van der Waals surface area contributed by atoms with E-state index in [0.29, 0.717) is 31.7 Å². The van der Waals surface area contributed by atoms with Crippen molar-refractivity contribution in [1.82, 2.24) is 4.90 Å². The van der Waals surface area contributed by atoms with E-state index in [0.717, 1.165) is 19.4 Å². The number of hydrogen-bond acceptors (Lipinski definition) is 10. The van der Waals surface area contributed by atoms with Crippen LogP contribution in [0.3, 0.4) is 0 Å². The highest BCUT2D eigenvalue weighted by molar-refractivity contribution is 5.72. The molecule has 3 aliphatic heterocycles. The fraction of sp³-hybridized carbons (Fsp3) is 0.969. The van der Waals surface area contributed by atoms with Gasteiger partial charge in [0.2, 0.25) is 0 Å². The van der Waals surface area contributed by atoms with Crippen LogP contribution in [0.15, 0.2) is 0 Å². The maximum atomic E-state index is 13.3. The minimum atomic E-state index is -1.90. The summed E-state index contributed by atoms with van der Waals surface area (Å²) >= 11 is 0. The molecule has 0 aromatic heterocycles. The van der Waals surface area contributed by atoms with Crippen LogP contribution in [0.25, 0.3) is 0 Å². The van der Waals surface area contributed by atoms with Crippen molar-refractivity contribution in [3.8, 4) is 0 Å². The number of piperidine rings is 2. The molecule has 0 radical (unpaired) electrons. The summed E-state index contributed by atoms with van der Waals surface area (Å²) in [6.07, 6.45) is -1.43. The molecule has 4 aliphatic carbocycles. The van der Waals surface area contributed by atoms with Crippen molar-refractivity contribution in [2.24, 2.45) is 46.8 Å². The Kier molecular flexibility index (Phi) is 6.48. The fourth-order valence-electron chi connectivity index (χ4n) is 11.9. The van der Waals surface area contributed by atoms with Crippen LogP contribution in [0.5, 0.6) is 0 Å². The number of nitrogens with zero attached hydrogens (tertiary/aromatic N) is 1. The number of rotatable bonds is 3. The number of fused-ring (bicyclic) bond motifs is 5. The largest absolute Gasteiger partial charge is 0.459 e. The quantitative estimate of drug-likeness (QED) is 0.258. The number of hydrogen-bond donors (Lipinski definition) is 6. The SMILES string of the molecule is CC[C@H](C)C(=O)O[C@@H]1[C@H]2[C@@H](CN3C[C@@H](C)CC[C@H]3[C@@]2(C)O)[C@@H]2C[C@@]34O[C@@]5(O)[C@@H](C[C@@H](O)[C@H]3[C@]2(O)[C@H]1O)[C@]4(C)CC[C@@H]5O. The highest BCUT2D eigenvalue weighted by Crippen LogP contribution is 2.77. The second-order valence-corrected chi connectivity index (χ2v) is 16.0. The predicted molar refractivity (Wildman–Crippen MR) is 149 cm³/mol. The van der Waals surface area contributed by atoms with Crippen molar-refractivity contribution >= 4 is 5.97 Å². The highest BCUT2D eigenvalue weighted by atomic mass is 16.7. The summed E-state index contributed by atoms with van der Waals surface area (Å²) in [6.45, 7) is 11.0. The molecule has 0 amide bonds. The average Bonchev–Trinajstić information content (AvgIpc) is 3.21. The number of esters is 1. The van der Waals surface area contributed by atoms with Crippen molar-refractivity contribution in [3.05, 3.63) is 0 Å². The zero-order chi connectivity index (χ0) is 30.4. The molecule has 0 aromatic rings. The van der Waals surface area contributed by atoms with Crippen LogP contribution in [0.2, 0.25) is 0 Å². The summed E-state index contributed by atoms with van der Waals surface area (Å²) < 4.78 is 12.8. The van der Waals surface area contributed by atoms with Gasteiger partial charge in [0.1, 0.15) is 23.9 Å². The Morgan fingerprint density at radius 1 is 1.10 bits per heavy atom. The molecule has 238 valence electrons. The lowest BCUT2D eigenvalue weighted by atomic mass is 9.49. The van der Waals surface area contributed by atoms with Crippen LogP contribution >= 0.6 is 0 Å². The van der Waals surface area contributed by atoms with Crippen LogP contribution in [0, 0.1) is 46.8 Å². The first-order valence-corrected chi connectivity index (χ1v) is 16.4. The van der Waals surface area contributed by atoms with Gasteiger partial charge in [-0.1, -0.05) is 27.7 Å². The van der Waals surface area contributed by atoms with E-state index in [9.17, 15) is 35.4 Å². The smallest absolute Gasteiger partial charge is 0.309 e. The van der Waals surface area contributed by atoms with Crippen LogP contribution in [0.4, 0.5) is 0 Å². The zero-order valence-corrected chi connectivity index (χ0v) is 25.6. The van der Waals surface area contributed by atoms with E-state index >= 15 is 0 Å². The predicted octanol–water partition coefficient (Wildman–Crippen LogP) is 0.783. The zero-order valence-electron chi connectivity index (χ0n) is 25.6. The molecule has 4 bridgehead atoms. The molecule has 1 spiro atoms. The summed E-state index contributed by atoms with van der Waals surface area (Å²) in [7, 11) is 0. The van der Waals surface area contributed by atoms with Gasteiger partial charge in [-0.2, -0.15) is 0 Å². The molecule has 3 heterocycles. The summed E-state index contributed by atoms with van der Waals surface area (Å²) in [5.74, 6) is -5.44. The minimum Gasteiger partial charge on any atom is -0.459 e. The van der Waals surface area contributed by atoms with Gasteiger partial charge in [-0.3, -0.25) is 9.69 Å². The summed E-state index contributed by atoms with van der Waals surface area (Å²) in [4.78, 5) is 15.6. The van der Waals surface area contributed by atoms with Gasteiger partial charge in [0.05, 0.1) is 23.2 Å². The lowest BCUT2D eigenvalue weighted by Gasteiger charge is -2.64. The van der Waals surface area contributed by atoms with E-state index in [1.807, 2.05) is 13.8 Å². The molecule has 0 unspecified atom stereocenters. The monoisotopic (exact) mass is 593 g/mol. The van der Waals surface area contributed by atoms with Gasteiger partial charge in [0, 0.05) is 42.3 Å². The molecule has 6 N–H and O–H groups in total. The number of carbonyl (C=O) groups excluding carboxylic acids is 1. The van der Waals surface area contributed by atoms with E-state index < -0.39 is 88.0 Å². The highest BCUT2D eigenvalue weighted by Gasteiger charge is 2.86. The molecule has 0 aromatic carbocycles. The second-order valence-electron chi connectivity index (χ2n) is 16.0. The Labute approximate surface area is 248 Å².